The zero-order chi connectivity index (χ0) is 17.8. The Labute approximate surface area is 149 Å². The van der Waals surface area contributed by atoms with Gasteiger partial charge in [0.15, 0.2) is 0 Å². The van der Waals surface area contributed by atoms with Gasteiger partial charge in [-0.2, -0.15) is 5.10 Å². The van der Waals surface area contributed by atoms with Crippen LogP contribution in [0.15, 0.2) is 42.6 Å². The van der Waals surface area contributed by atoms with Crippen LogP contribution in [-0.4, -0.2) is 28.3 Å². The zero-order valence-electron chi connectivity index (χ0n) is 15.2. The van der Waals surface area contributed by atoms with Gasteiger partial charge in [0.1, 0.15) is 6.10 Å². The number of hydrogen-bond acceptors (Lipinski definition) is 3. The highest BCUT2D eigenvalue weighted by atomic mass is 16.5. The number of carbonyl (C=O) groups excluding carboxylic acids is 1. The number of hydrogen-bond donors (Lipinski definition) is 1. The first-order valence-corrected chi connectivity index (χ1v) is 9.04. The van der Waals surface area contributed by atoms with Gasteiger partial charge in [-0.05, 0) is 30.9 Å². The molecule has 0 saturated carbocycles. The molecule has 1 saturated heterocycles. The monoisotopic (exact) mass is 341 g/mol. The summed E-state index contributed by atoms with van der Waals surface area (Å²) in [4.78, 5) is 12.7. The standard InChI is InChI=1S/C20H27N3O2/c1-14(2)15(3)22-20(24)17-10-12-25-19(17)18-9-11-21-23(18)13-16-7-5-4-6-8-16/h4-9,11,14-15,17,19H,10,12-13H2,1-3H3,(H,22,24)/t15-,17+,19+/m1/s1. The van der Waals surface area contributed by atoms with E-state index in [-0.39, 0.29) is 24.0 Å². The predicted molar refractivity (Wildman–Crippen MR) is 97.0 cm³/mol. The van der Waals surface area contributed by atoms with E-state index in [0.29, 0.717) is 19.1 Å². The van der Waals surface area contributed by atoms with Crippen molar-refractivity contribution in [2.75, 3.05) is 6.61 Å². The molecule has 3 rings (SSSR count). The SMILES string of the molecule is CC(C)[C@@H](C)NC(=O)[C@H]1CCO[C@@H]1c1ccnn1Cc1ccccc1. The molecule has 3 atom stereocenters. The van der Waals surface area contributed by atoms with Gasteiger partial charge in [0.25, 0.3) is 0 Å². The van der Waals surface area contributed by atoms with E-state index >= 15 is 0 Å². The van der Waals surface area contributed by atoms with Crippen molar-refractivity contribution >= 4 is 5.91 Å². The number of ether oxygens (including phenoxy) is 1. The number of rotatable bonds is 6. The van der Waals surface area contributed by atoms with Crippen LogP contribution >= 0.6 is 0 Å². The molecule has 1 N–H and O–H groups in total. The molecule has 0 spiro atoms. The highest BCUT2D eigenvalue weighted by Gasteiger charge is 2.37. The first kappa shape index (κ1) is 17.7. The summed E-state index contributed by atoms with van der Waals surface area (Å²) in [6, 6.07) is 12.3. The fourth-order valence-corrected chi connectivity index (χ4v) is 3.12. The lowest BCUT2D eigenvalue weighted by molar-refractivity contribution is -0.127. The summed E-state index contributed by atoms with van der Waals surface area (Å²) in [6.45, 7) is 7.56. The average molecular weight is 341 g/mol. The van der Waals surface area contributed by atoms with Gasteiger partial charge in [0, 0.05) is 18.8 Å². The van der Waals surface area contributed by atoms with E-state index in [4.69, 9.17) is 4.74 Å². The Morgan fingerprint density at radius 3 is 2.76 bits per heavy atom. The van der Waals surface area contributed by atoms with Crippen LogP contribution in [0.2, 0.25) is 0 Å². The third-order valence-electron chi connectivity index (χ3n) is 5.01. The summed E-state index contributed by atoms with van der Waals surface area (Å²) in [5, 5.41) is 7.58. The van der Waals surface area contributed by atoms with E-state index in [2.05, 4.69) is 36.4 Å². The summed E-state index contributed by atoms with van der Waals surface area (Å²) in [6.07, 6.45) is 2.30. The number of amides is 1. The number of nitrogens with zero attached hydrogens (tertiary/aromatic N) is 2. The molecule has 1 aliphatic heterocycles. The Morgan fingerprint density at radius 1 is 1.28 bits per heavy atom. The van der Waals surface area contributed by atoms with Gasteiger partial charge in [0.05, 0.1) is 18.2 Å². The van der Waals surface area contributed by atoms with Crippen LogP contribution in [0.5, 0.6) is 0 Å². The largest absolute Gasteiger partial charge is 0.371 e. The van der Waals surface area contributed by atoms with Crippen LogP contribution in [0.4, 0.5) is 0 Å². The highest BCUT2D eigenvalue weighted by molar-refractivity contribution is 5.80. The Hall–Kier alpha value is -2.14. The second-order valence-electron chi connectivity index (χ2n) is 7.13. The van der Waals surface area contributed by atoms with Crippen LogP contribution in [-0.2, 0) is 16.1 Å². The maximum atomic E-state index is 12.7. The van der Waals surface area contributed by atoms with Gasteiger partial charge >= 0.3 is 0 Å². The van der Waals surface area contributed by atoms with Gasteiger partial charge in [-0.15, -0.1) is 0 Å². The average Bonchev–Trinajstić information content (AvgIpc) is 3.24. The Bertz CT molecular complexity index is 696. The molecule has 5 heteroatoms. The van der Waals surface area contributed by atoms with E-state index in [9.17, 15) is 4.79 Å². The lowest BCUT2D eigenvalue weighted by atomic mass is 9.96. The first-order chi connectivity index (χ1) is 12.1. The van der Waals surface area contributed by atoms with Gasteiger partial charge in [-0.1, -0.05) is 44.2 Å². The van der Waals surface area contributed by atoms with Crippen molar-refractivity contribution in [1.82, 2.24) is 15.1 Å². The van der Waals surface area contributed by atoms with Crippen molar-refractivity contribution in [3.05, 3.63) is 53.9 Å². The molecule has 1 fully saturated rings. The highest BCUT2D eigenvalue weighted by Crippen LogP contribution is 2.35. The Morgan fingerprint density at radius 2 is 2.04 bits per heavy atom. The fourth-order valence-electron chi connectivity index (χ4n) is 3.12. The fraction of sp³-hybridized carbons (Fsp3) is 0.500. The quantitative estimate of drug-likeness (QED) is 0.878. The molecule has 2 heterocycles. The molecular weight excluding hydrogens is 314 g/mol. The normalized spacial score (nSPS) is 21.4. The minimum Gasteiger partial charge on any atom is -0.371 e. The van der Waals surface area contributed by atoms with Crippen LogP contribution in [0.1, 0.15) is 44.6 Å². The Balaban J connectivity index is 1.75. The zero-order valence-corrected chi connectivity index (χ0v) is 15.2. The molecule has 1 aromatic carbocycles. The van der Waals surface area contributed by atoms with Crippen LogP contribution < -0.4 is 5.32 Å². The van der Waals surface area contributed by atoms with Crippen molar-refractivity contribution < 1.29 is 9.53 Å². The second-order valence-corrected chi connectivity index (χ2v) is 7.13. The maximum absolute atomic E-state index is 12.7. The molecule has 25 heavy (non-hydrogen) atoms. The molecule has 134 valence electrons. The van der Waals surface area contributed by atoms with Crippen LogP contribution in [0.3, 0.4) is 0 Å². The first-order valence-electron chi connectivity index (χ1n) is 9.04. The number of nitrogens with one attached hydrogen (secondary N) is 1. The third kappa shape index (κ3) is 4.10. The number of benzene rings is 1. The van der Waals surface area contributed by atoms with Gasteiger partial charge in [0.2, 0.25) is 5.91 Å². The van der Waals surface area contributed by atoms with Crippen LogP contribution in [0.25, 0.3) is 0 Å². The van der Waals surface area contributed by atoms with Crippen LogP contribution in [0, 0.1) is 11.8 Å². The van der Waals surface area contributed by atoms with E-state index in [0.717, 1.165) is 12.1 Å². The van der Waals surface area contributed by atoms with Crippen molar-refractivity contribution in [3.63, 3.8) is 0 Å². The Kier molecular flexibility index (Phi) is 5.53. The molecule has 1 aliphatic rings. The minimum absolute atomic E-state index is 0.0798. The van der Waals surface area contributed by atoms with Gasteiger partial charge < -0.3 is 10.1 Å². The van der Waals surface area contributed by atoms with E-state index in [1.807, 2.05) is 35.9 Å². The summed E-state index contributed by atoms with van der Waals surface area (Å²) >= 11 is 0. The number of carbonyl (C=O) groups is 1. The maximum Gasteiger partial charge on any atom is 0.226 e. The molecule has 1 aromatic heterocycles. The molecule has 2 aromatic rings. The van der Waals surface area contributed by atoms with Gasteiger partial charge in [-0.25, -0.2) is 0 Å². The van der Waals surface area contributed by atoms with Crippen molar-refractivity contribution in [1.29, 1.82) is 0 Å². The molecule has 0 radical (unpaired) electrons. The van der Waals surface area contributed by atoms with Crippen molar-refractivity contribution in [2.45, 2.75) is 45.9 Å². The van der Waals surface area contributed by atoms with Crippen molar-refractivity contribution in [3.8, 4) is 0 Å². The number of aromatic nitrogens is 2. The smallest absolute Gasteiger partial charge is 0.226 e. The molecule has 0 aliphatic carbocycles. The second kappa shape index (κ2) is 7.83. The summed E-state index contributed by atoms with van der Waals surface area (Å²) in [5.41, 5.74) is 2.15. The lowest BCUT2D eigenvalue weighted by Crippen LogP contribution is -2.41. The molecule has 5 nitrogen and oxygen atoms in total. The summed E-state index contributed by atoms with van der Waals surface area (Å²) in [5.74, 6) is 0.330. The lowest BCUT2D eigenvalue weighted by Gasteiger charge is -2.23. The van der Waals surface area contributed by atoms with Crippen molar-refractivity contribution in [2.24, 2.45) is 11.8 Å². The summed E-state index contributed by atoms with van der Waals surface area (Å²) in [7, 11) is 0. The third-order valence-corrected chi connectivity index (χ3v) is 5.01. The molecule has 1 amide bonds. The van der Waals surface area contributed by atoms with Gasteiger partial charge in [-0.3, -0.25) is 9.48 Å². The van der Waals surface area contributed by atoms with E-state index in [1.165, 1.54) is 5.56 Å². The van der Waals surface area contributed by atoms with E-state index in [1.54, 1.807) is 6.20 Å². The topological polar surface area (TPSA) is 56.1 Å². The summed E-state index contributed by atoms with van der Waals surface area (Å²) < 4.78 is 7.87. The molecular formula is C20H27N3O2. The molecule has 0 bridgehead atoms. The van der Waals surface area contributed by atoms with E-state index < -0.39 is 0 Å². The molecule has 0 unspecified atom stereocenters. The predicted octanol–water partition coefficient (Wildman–Crippen LogP) is 3.17. The minimum atomic E-state index is -0.231.